The maximum atomic E-state index is 13.8. The third kappa shape index (κ3) is 4.98. The molecule has 0 atom stereocenters. The number of hydrogen-bond donors (Lipinski definition) is 0. The number of ether oxygens (including phenoxy) is 3. The SMILES string of the molecule is COc1ccc(-c2cc(C(=O)N3CCN(Cc4ccc5c(c4)OCO5)CC3)c(C)n2-c2ccc(C)cc2)cc1. The van der Waals surface area contributed by atoms with Crippen molar-refractivity contribution in [2.24, 2.45) is 0 Å². The zero-order chi connectivity index (χ0) is 26.9. The highest BCUT2D eigenvalue weighted by atomic mass is 16.7. The summed E-state index contributed by atoms with van der Waals surface area (Å²) >= 11 is 0. The van der Waals surface area contributed by atoms with Crippen molar-refractivity contribution in [2.75, 3.05) is 40.1 Å². The minimum atomic E-state index is 0.0795. The second-order valence-electron chi connectivity index (χ2n) is 10.2. The number of amides is 1. The van der Waals surface area contributed by atoms with Crippen molar-refractivity contribution >= 4 is 5.91 Å². The quantitative estimate of drug-likeness (QED) is 0.336. The summed E-state index contributed by atoms with van der Waals surface area (Å²) < 4.78 is 18.5. The summed E-state index contributed by atoms with van der Waals surface area (Å²) in [4.78, 5) is 18.2. The van der Waals surface area contributed by atoms with E-state index in [2.05, 4.69) is 52.8 Å². The van der Waals surface area contributed by atoms with Gasteiger partial charge in [0.2, 0.25) is 6.79 Å². The summed E-state index contributed by atoms with van der Waals surface area (Å²) in [6, 6.07) is 24.6. The molecule has 1 fully saturated rings. The van der Waals surface area contributed by atoms with Gasteiger partial charge >= 0.3 is 0 Å². The number of methoxy groups -OCH3 is 1. The molecule has 0 bridgehead atoms. The van der Waals surface area contributed by atoms with Crippen molar-refractivity contribution in [3.63, 3.8) is 0 Å². The third-order valence-corrected chi connectivity index (χ3v) is 7.66. The number of rotatable bonds is 6. The van der Waals surface area contributed by atoms with Crippen LogP contribution in [0.3, 0.4) is 0 Å². The summed E-state index contributed by atoms with van der Waals surface area (Å²) in [5, 5.41) is 0. The van der Waals surface area contributed by atoms with Gasteiger partial charge in [-0.05, 0) is 79.6 Å². The Balaban J connectivity index is 1.22. The van der Waals surface area contributed by atoms with Crippen molar-refractivity contribution < 1.29 is 19.0 Å². The number of carbonyl (C=O) groups excluding carboxylic acids is 1. The molecule has 200 valence electrons. The normalized spacial score (nSPS) is 15.0. The molecule has 0 radical (unpaired) electrons. The number of fused-ring (bicyclic) bond motifs is 1. The minimum Gasteiger partial charge on any atom is -0.497 e. The van der Waals surface area contributed by atoms with Crippen molar-refractivity contribution in [1.29, 1.82) is 0 Å². The molecule has 7 heteroatoms. The van der Waals surface area contributed by atoms with E-state index in [9.17, 15) is 4.79 Å². The van der Waals surface area contributed by atoms with Crippen LogP contribution in [-0.2, 0) is 6.54 Å². The van der Waals surface area contributed by atoms with Crippen LogP contribution in [0.5, 0.6) is 17.2 Å². The first-order chi connectivity index (χ1) is 19.0. The highest BCUT2D eigenvalue weighted by Crippen LogP contribution is 2.34. The molecular weight excluding hydrogens is 490 g/mol. The first-order valence-corrected chi connectivity index (χ1v) is 13.3. The van der Waals surface area contributed by atoms with Gasteiger partial charge < -0.3 is 23.7 Å². The smallest absolute Gasteiger partial charge is 0.255 e. The van der Waals surface area contributed by atoms with Gasteiger partial charge in [0.15, 0.2) is 11.5 Å². The van der Waals surface area contributed by atoms with E-state index in [0.717, 1.165) is 65.1 Å². The molecule has 0 unspecified atom stereocenters. The molecule has 0 N–H and O–H groups in total. The molecule has 0 saturated carbocycles. The van der Waals surface area contributed by atoms with Crippen LogP contribution < -0.4 is 14.2 Å². The molecule has 1 aromatic heterocycles. The van der Waals surface area contributed by atoms with Crippen LogP contribution in [0.15, 0.2) is 72.8 Å². The molecule has 7 nitrogen and oxygen atoms in total. The fourth-order valence-electron chi connectivity index (χ4n) is 5.40. The predicted octanol–water partition coefficient (Wildman–Crippen LogP) is 5.46. The van der Waals surface area contributed by atoms with Crippen molar-refractivity contribution in [3.8, 4) is 34.2 Å². The standard InChI is InChI=1S/C32H33N3O4/c1-22-4-9-26(10-5-22)35-23(2)28(19-29(35)25-7-11-27(37-3)12-8-25)32(36)34-16-14-33(15-17-34)20-24-6-13-30-31(18-24)39-21-38-30/h4-13,18-19H,14-17,20-21H2,1-3H3. The first-order valence-electron chi connectivity index (χ1n) is 13.3. The van der Waals surface area contributed by atoms with Gasteiger partial charge in [-0.1, -0.05) is 23.8 Å². The second kappa shape index (κ2) is 10.5. The predicted molar refractivity (Wildman–Crippen MR) is 151 cm³/mol. The van der Waals surface area contributed by atoms with E-state index in [1.54, 1.807) is 7.11 Å². The summed E-state index contributed by atoms with van der Waals surface area (Å²) in [5.41, 5.74) is 7.13. The maximum absolute atomic E-state index is 13.8. The van der Waals surface area contributed by atoms with Crippen LogP contribution in [0.2, 0.25) is 0 Å². The Kier molecular flexibility index (Phi) is 6.75. The second-order valence-corrected chi connectivity index (χ2v) is 10.2. The summed E-state index contributed by atoms with van der Waals surface area (Å²) in [6.07, 6.45) is 0. The lowest BCUT2D eigenvalue weighted by Crippen LogP contribution is -2.48. The maximum Gasteiger partial charge on any atom is 0.255 e. The van der Waals surface area contributed by atoms with Crippen LogP contribution in [0.4, 0.5) is 0 Å². The Bertz CT molecular complexity index is 1480. The van der Waals surface area contributed by atoms with E-state index in [-0.39, 0.29) is 12.7 Å². The van der Waals surface area contributed by atoms with Crippen molar-refractivity contribution in [1.82, 2.24) is 14.4 Å². The Hall–Kier alpha value is -4.23. The summed E-state index contributed by atoms with van der Waals surface area (Å²) in [7, 11) is 1.67. The van der Waals surface area contributed by atoms with E-state index < -0.39 is 0 Å². The molecule has 4 aromatic rings. The monoisotopic (exact) mass is 523 g/mol. The summed E-state index contributed by atoms with van der Waals surface area (Å²) in [5.74, 6) is 2.49. The zero-order valence-corrected chi connectivity index (χ0v) is 22.6. The van der Waals surface area contributed by atoms with Crippen molar-refractivity contribution in [2.45, 2.75) is 20.4 Å². The lowest BCUT2D eigenvalue weighted by Gasteiger charge is -2.34. The Labute approximate surface area is 229 Å². The number of benzene rings is 3. The number of nitrogens with zero attached hydrogens (tertiary/aromatic N) is 3. The molecule has 0 spiro atoms. The van der Waals surface area contributed by atoms with Crippen LogP contribution in [0, 0.1) is 13.8 Å². The molecule has 2 aliphatic heterocycles. The summed E-state index contributed by atoms with van der Waals surface area (Å²) in [6.45, 7) is 8.25. The lowest BCUT2D eigenvalue weighted by atomic mass is 10.1. The molecular formula is C32H33N3O4. The Morgan fingerprint density at radius 3 is 2.28 bits per heavy atom. The van der Waals surface area contributed by atoms with Crippen molar-refractivity contribution in [3.05, 3.63) is 95.2 Å². The molecule has 6 rings (SSSR count). The number of aromatic nitrogens is 1. The van der Waals surface area contributed by atoms with Gasteiger partial charge in [-0.15, -0.1) is 0 Å². The molecule has 39 heavy (non-hydrogen) atoms. The Morgan fingerprint density at radius 1 is 0.846 bits per heavy atom. The van der Waals surface area contributed by atoms with Crippen LogP contribution in [-0.4, -0.2) is 60.4 Å². The molecule has 3 aromatic carbocycles. The lowest BCUT2D eigenvalue weighted by molar-refractivity contribution is 0.0628. The van der Waals surface area contributed by atoms with E-state index in [0.29, 0.717) is 13.1 Å². The molecule has 1 amide bonds. The van der Waals surface area contributed by atoms with Crippen LogP contribution in [0.1, 0.15) is 27.2 Å². The van der Waals surface area contributed by atoms with Gasteiger partial charge in [0.1, 0.15) is 5.75 Å². The fraction of sp³-hybridized carbons (Fsp3) is 0.281. The van der Waals surface area contributed by atoms with Gasteiger partial charge in [-0.25, -0.2) is 0 Å². The first kappa shape index (κ1) is 25.1. The molecule has 0 aliphatic carbocycles. The average molecular weight is 524 g/mol. The van der Waals surface area contributed by atoms with Gasteiger partial charge in [0.05, 0.1) is 18.4 Å². The molecule has 1 saturated heterocycles. The number of piperazine rings is 1. The van der Waals surface area contributed by atoms with E-state index in [4.69, 9.17) is 14.2 Å². The molecule has 3 heterocycles. The van der Waals surface area contributed by atoms with E-state index >= 15 is 0 Å². The molecule has 2 aliphatic rings. The Morgan fingerprint density at radius 2 is 1.56 bits per heavy atom. The fourth-order valence-corrected chi connectivity index (χ4v) is 5.40. The number of aryl methyl sites for hydroxylation is 1. The van der Waals surface area contributed by atoms with Crippen LogP contribution in [0.25, 0.3) is 16.9 Å². The number of hydrogen-bond acceptors (Lipinski definition) is 5. The topological polar surface area (TPSA) is 56.2 Å². The number of carbonyl (C=O) groups is 1. The average Bonchev–Trinajstić information content (AvgIpc) is 3.57. The van der Waals surface area contributed by atoms with Gasteiger partial charge in [-0.2, -0.15) is 0 Å². The highest BCUT2D eigenvalue weighted by molar-refractivity contribution is 5.97. The highest BCUT2D eigenvalue weighted by Gasteiger charge is 2.27. The van der Waals surface area contributed by atoms with Crippen LogP contribution >= 0.6 is 0 Å². The van der Waals surface area contributed by atoms with Gasteiger partial charge in [0.25, 0.3) is 5.91 Å². The van der Waals surface area contributed by atoms with Gasteiger partial charge in [-0.3, -0.25) is 9.69 Å². The van der Waals surface area contributed by atoms with E-state index in [1.165, 1.54) is 11.1 Å². The minimum absolute atomic E-state index is 0.0795. The largest absolute Gasteiger partial charge is 0.497 e. The van der Waals surface area contributed by atoms with E-state index in [1.807, 2.05) is 48.2 Å². The third-order valence-electron chi connectivity index (χ3n) is 7.66. The van der Waals surface area contributed by atoms with Gasteiger partial charge in [0, 0.05) is 44.1 Å². The zero-order valence-electron chi connectivity index (χ0n) is 22.6.